The molecule has 148 valence electrons. The summed E-state index contributed by atoms with van der Waals surface area (Å²) in [5.74, 6) is 1.59. The van der Waals surface area contributed by atoms with Crippen LogP contribution in [0.1, 0.15) is 11.3 Å². The molecule has 0 radical (unpaired) electrons. The molecule has 7 nitrogen and oxygen atoms in total. The number of aryl methyl sites for hydroxylation is 1. The third-order valence-electron chi connectivity index (χ3n) is 4.04. The zero-order valence-electron chi connectivity index (χ0n) is 16.0. The molecule has 28 heavy (non-hydrogen) atoms. The third kappa shape index (κ3) is 5.16. The van der Waals surface area contributed by atoms with E-state index in [1.807, 2.05) is 66.3 Å². The van der Waals surface area contributed by atoms with Gasteiger partial charge in [-0.15, -0.1) is 24.0 Å². The number of hydrogen-bond donors (Lipinski definition) is 2. The summed E-state index contributed by atoms with van der Waals surface area (Å²) in [6.45, 7) is 2.39. The Morgan fingerprint density at radius 1 is 1.11 bits per heavy atom. The lowest BCUT2D eigenvalue weighted by molar-refractivity contribution is 0.355. The number of hydrogen-bond acceptors (Lipinski definition) is 4. The van der Waals surface area contributed by atoms with E-state index in [0.717, 1.165) is 22.6 Å². The van der Waals surface area contributed by atoms with Gasteiger partial charge in [-0.1, -0.05) is 18.2 Å². The van der Waals surface area contributed by atoms with Crippen LogP contribution >= 0.6 is 24.0 Å². The van der Waals surface area contributed by atoms with E-state index in [4.69, 9.17) is 15.2 Å². The van der Waals surface area contributed by atoms with E-state index in [9.17, 15) is 0 Å². The number of rotatable bonds is 6. The van der Waals surface area contributed by atoms with Crippen molar-refractivity contribution in [2.45, 2.75) is 13.5 Å². The second-order valence-electron chi connectivity index (χ2n) is 5.93. The van der Waals surface area contributed by atoms with Gasteiger partial charge < -0.3 is 20.5 Å². The van der Waals surface area contributed by atoms with Gasteiger partial charge >= 0.3 is 0 Å². The van der Waals surface area contributed by atoms with E-state index in [1.54, 1.807) is 14.2 Å². The summed E-state index contributed by atoms with van der Waals surface area (Å²) in [7, 11) is 3.19. The van der Waals surface area contributed by atoms with Crippen molar-refractivity contribution in [1.82, 2.24) is 9.78 Å². The molecule has 8 heteroatoms. The first-order chi connectivity index (χ1) is 13.1. The van der Waals surface area contributed by atoms with Gasteiger partial charge in [-0.2, -0.15) is 5.10 Å². The number of para-hydroxylation sites is 1. The van der Waals surface area contributed by atoms with Crippen molar-refractivity contribution in [2.75, 3.05) is 19.5 Å². The molecule has 0 fully saturated rings. The smallest absolute Gasteiger partial charge is 0.193 e. The molecule has 0 saturated heterocycles. The maximum absolute atomic E-state index is 6.05. The summed E-state index contributed by atoms with van der Waals surface area (Å²) in [6.07, 6.45) is 1.93. The molecule has 2 aromatic carbocycles. The fourth-order valence-corrected chi connectivity index (χ4v) is 2.69. The van der Waals surface area contributed by atoms with Gasteiger partial charge in [0.15, 0.2) is 17.5 Å². The summed E-state index contributed by atoms with van der Waals surface area (Å²) in [5.41, 5.74) is 9.79. The van der Waals surface area contributed by atoms with Gasteiger partial charge in [-0.05, 0) is 36.8 Å². The summed E-state index contributed by atoms with van der Waals surface area (Å²) in [4.78, 5) is 4.45. The second kappa shape index (κ2) is 9.98. The molecule has 0 spiro atoms. The fourth-order valence-electron chi connectivity index (χ4n) is 2.69. The van der Waals surface area contributed by atoms with Crippen molar-refractivity contribution in [1.29, 1.82) is 0 Å². The van der Waals surface area contributed by atoms with Gasteiger partial charge in [0, 0.05) is 18.0 Å². The van der Waals surface area contributed by atoms with Crippen molar-refractivity contribution in [3.63, 3.8) is 0 Å². The second-order valence-corrected chi connectivity index (χ2v) is 5.93. The van der Waals surface area contributed by atoms with Crippen LogP contribution in [0.3, 0.4) is 0 Å². The number of anilines is 1. The highest BCUT2D eigenvalue weighted by molar-refractivity contribution is 14.0. The van der Waals surface area contributed by atoms with E-state index >= 15 is 0 Å². The quantitative estimate of drug-likeness (QED) is 0.311. The summed E-state index contributed by atoms with van der Waals surface area (Å²) < 4.78 is 12.4. The van der Waals surface area contributed by atoms with Crippen LogP contribution in [-0.2, 0) is 6.54 Å². The molecule has 0 saturated carbocycles. The predicted molar refractivity (Wildman–Crippen MR) is 122 cm³/mol. The minimum Gasteiger partial charge on any atom is -0.493 e. The molecular weight excluding hydrogens is 469 g/mol. The standard InChI is InChI=1S/C20H23N5O2.HI/c1-14-10-11-25(24-14)17-7-5-4-6-15(17)13-22-20(21)23-16-8-9-18(26-2)19(12-16)27-3;/h4-12H,13H2,1-3H3,(H3,21,22,23);1H. The van der Waals surface area contributed by atoms with Crippen molar-refractivity contribution in [3.05, 3.63) is 66.0 Å². The van der Waals surface area contributed by atoms with Crippen molar-refractivity contribution in [3.8, 4) is 17.2 Å². The minimum absolute atomic E-state index is 0. The minimum atomic E-state index is 0. The molecule has 0 unspecified atom stereocenters. The highest BCUT2D eigenvalue weighted by atomic mass is 127. The lowest BCUT2D eigenvalue weighted by atomic mass is 10.2. The first kappa shape index (κ1) is 21.5. The average Bonchev–Trinajstić information content (AvgIpc) is 3.12. The molecule has 3 N–H and O–H groups in total. The maximum atomic E-state index is 6.05. The summed E-state index contributed by atoms with van der Waals surface area (Å²) in [6, 6.07) is 15.4. The monoisotopic (exact) mass is 493 g/mol. The maximum Gasteiger partial charge on any atom is 0.193 e. The van der Waals surface area contributed by atoms with Crippen LogP contribution in [0.2, 0.25) is 0 Å². The lowest BCUT2D eigenvalue weighted by Gasteiger charge is -2.11. The molecule has 3 aromatic rings. The summed E-state index contributed by atoms with van der Waals surface area (Å²) in [5, 5.41) is 7.54. The van der Waals surface area contributed by atoms with Crippen LogP contribution < -0.4 is 20.5 Å². The highest BCUT2D eigenvalue weighted by Gasteiger charge is 2.07. The largest absolute Gasteiger partial charge is 0.493 e. The molecule has 3 rings (SSSR count). The number of nitrogens with zero attached hydrogens (tertiary/aromatic N) is 3. The predicted octanol–water partition coefficient (Wildman–Crippen LogP) is 3.74. The van der Waals surface area contributed by atoms with Crippen molar-refractivity contribution >= 4 is 35.6 Å². The fraction of sp³-hybridized carbons (Fsp3) is 0.200. The average molecular weight is 493 g/mol. The van der Waals surface area contributed by atoms with E-state index in [1.165, 1.54) is 0 Å². The Morgan fingerprint density at radius 2 is 1.86 bits per heavy atom. The molecule has 0 aliphatic heterocycles. The van der Waals surface area contributed by atoms with E-state index < -0.39 is 0 Å². The Morgan fingerprint density at radius 3 is 2.54 bits per heavy atom. The Bertz CT molecular complexity index is 955. The number of benzene rings is 2. The Hall–Kier alpha value is -2.75. The Kier molecular flexibility index (Phi) is 7.68. The molecule has 0 aliphatic carbocycles. The first-order valence-corrected chi connectivity index (χ1v) is 8.50. The normalized spacial score (nSPS) is 10.9. The zero-order valence-corrected chi connectivity index (χ0v) is 18.4. The van der Waals surface area contributed by atoms with Gasteiger partial charge in [0.2, 0.25) is 0 Å². The first-order valence-electron chi connectivity index (χ1n) is 8.50. The van der Waals surface area contributed by atoms with Gasteiger partial charge in [-0.25, -0.2) is 9.67 Å². The number of nitrogens with two attached hydrogens (primary N) is 1. The van der Waals surface area contributed by atoms with E-state index in [0.29, 0.717) is 24.0 Å². The number of ether oxygens (including phenoxy) is 2. The summed E-state index contributed by atoms with van der Waals surface area (Å²) >= 11 is 0. The van der Waals surface area contributed by atoms with E-state index in [2.05, 4.69) is 15.4 Å². The van der Waals surface area contributed by atoms with Gasteiger partial charge in [0.05, 0.1) is 32.1 Å². The molecule has 0 bridgehead atoms. The van der Waals surface area contributed by atoms with Crippen LogP contribution in [0.25, 0.3) is 5.69 Å². The van der Waals surface area contributed by atoms with Crippen molar-refractivity contribution in [2.24, 2.45) is 10.7 Å². The molecular formula is C20H24IN5O2. The number of aromatic nitrogens is 2. The lowest BCUT2D eigenvalue weighted by Crippen LogP contribution is -2.22. The third-order valence-corrected chi connectivity index (χ3v) is 4.04. The highest BCUT2D eigenvalue weighted by Crippen LogP contribution is 2.29. The Balaban J connectivity index is 0.00000280. The van der Waals surface area contributed by atoms with Crippen molar-refractivity contribution < 1.29 is 9.47 Å². The van der Waals surface area contributed by atoms with E-state index in [-0.39, 0.29) is 24.0 Å². The number of nitrogens with one attached hydrogen (secondary N) is 1. The van der Waals surface area contributed by atoms with Crippen LogP contribution in [0.5, 0.6) is 11.5 Å². The van der Waals surface area contributed by atoms with Gasteiger partial charge in [0.25, 0.3) is 0 Å². The van der Waals surface area contributed by atoms with Crippen LogP contribution in [0.4, 0.5) is 5.69 Å². The number of guanidine groups is 1. The van der Waals surface area contributed by atoms with Crippen LogP contribution in [0, 0.1) is 6.92 Å². The SMILES string of the molecule is COc1ccc(NC(N)=NCc2ccccc2-n2ccc(C)n2)cc1OC.I. The molecule has 0 atom stereocenters. The van der Waals surface area contributed by atoms with Crippen LogP contribution in [-0.4, -0.2) is 30.0 Å². The molecule has 1 aromatic heterocycles. The molecule has 1 heterocycles. The number of aliphatic imine (C=N–C) groups is 1. The van der Waals surface area contributed by atoms with Gasteiger partial charge in [0.1, 0.15) is 0 Å². The van der Waals surface area contributed by atoms with Crippen LogP contribution in [0.15, 0.2) is 59.7 Å². The Labute approximate surface area is 181 Å². The topological polar surface area (TPSA) is 86.7 Å². The number of methoxy groups -OCH3 is 2. The molecule has 0 amide bonds. The zero-order chi connectivity index (χ0) is 19.2. The number of halogens is 1. The van der Waals surface area contributed by atoms with Gasteiger partial charge in [-0.3, -0.25) is 0 Å². The molecule has 0 aliphatic rings.